The van der Waals surface area contributed by atoms with Crippen molar-refractivity contribution in [3.8, 4) is 0 Å². The molecule has 0 amide bonds. The third-order valence-electron chi connectivity index (χ3n) is 3.73. The van der Waals surface area contributed by atoms with Gasteiger partial charge in [-0.1, -0.05) is 32.0 Å². The Morgan fingerprint density at radius 3 is 2.41 bits per heavy atom. The second-order valence-corrected chi connectivity index (χ2v) is 5.76. The number of hydrogen-bond donors (Lipinski definition) is 0. The highest BCUT2D eigenvalue weighted by atomic mass is 16.6. The Hall–Kier alpha value is -2.49. The Morgan fingerprint density at radius 2 is 1.82 bits per heavy atom. The monoisotopic (exact) mass is 296 g/mol. The summed E-state index contributed by atoms with van der Waals surface area (Å²) in [6.07, 6.45) is 1.67. The van der Waals surface area contributed by atoms with Crippen molar-refractivity contribution in [2.24, 2.45) is 4.99 Å². The van der Waals surface area contributed by atoms with Crippen molar-refractivity contribution in [2.45, 2.75) is 33.6 Å². The van der Waals surface area contributed by atoms with Crippen molar-refractivity contribution in [3.05, 3.63) is 68.8 Å². The molecule has 2 aromatic rings. The molecule has 0 fully saturated rings. The quantitative estimate of drug-likeness (QED) is 0.448. The smallest absolute Gasteiger partial charge is 0.258 e. The maximum Gasteiger partial charge on any atom is 0.273 e. The van der Waals surface area contributed by atoms with Gasteiger partial charge in [0.2, 0.25) is 0 Å². The highest BCUT2D eigenvalue weighted by molar-refractivity contribution is 5.83. The van der Waals surface area contributed by atoms with Crippen LogP contribution in [0.3, 0.4) is 0 Å². The van der Waals surface area contributed by atoms with Crippen molar-refractivity contribution in [3.63, 3.8) is 0 Å². The van der Waals surface area contributed by atoms with E-state index in [4.69, 9.17) is 0 Å². The van der Waals surface area contributed by atoms with Crippen LogP contribution in [0.15, 0.2) is 41.4 Å². The van der Waals surface area contributed by atoms with Crippen molar-refractivity contribution in [1.29, 1.82) is 0 Å². The van der Waals surface area contributed by atoms with Gasteiger partial charge in [0.25, 0.3) is 5.69 Å². The van der Waals surface area contributed by atoms with Gasteiger partial charge in [-0.15, -0.1) is 0 Å². The molecule has 22 heavy (non-hydrogen) atoms. The third-order valence-corrected chi connectivity index (χ3v) is 3.73. The molecule has 0 unspecified atom stereocenters. The van der Waals surface area contributed by atoms with E-state index >= 15 is 0 Å². The van der Waals surface area contributed by atoms with Crippen LogP contribution in [0.1, 0.15) is 42.0 Å². The second kappa shape index (κ2) is 6.52. The molecule has 0 aliphatic heterocycles. The molecule has 0 N–H and O–H groups in total. The standard InChI is InChI=1S/C18H20N2O2/c1-12(2)17-8-6-15(10-18(17)20(21)22)11-19-16-7-5-13(3)14(4)9-16/h5-12H,1-4H3. The molecule has 0 bridgehead atoms. The largest absolute Gasteiger partial charge is 0.273 e. The number of hydrogen-bond acceptors (Lipinski definition) is 3. The van der Waals surface area contributed by atoms with Crippen LogP contribution in [0.25, 0.3) is 0 Å². The van der Waals surface area contributed by atoms with Gasteiger partial charge in [0, 0.05) is 17.8 Å². The lowest BCUT2D eigenvalue weighted by molar-refractivity contribution is -0.385. The molecular formula is C18H20N2O2. The summed E-state index contributed by atoms with van der Waals surface area (Å²) in [7, 11) is 0. The molecule has 4 nitrogen and oxygen atoms in total. The summed E-state index contributed by atoms with van der Waals surface area (Å²) in [5.41, 5.74) is 4.87. The van der Waals surface area contributed by atoms with Crippen LogP contribution in [0.2, 0.25) is 0 Å². The van der Waals surface area contributed by atoms with Crippen LogP contribution >= 0.6 is 0 Å². The van der Waals surface area contributed by atoms with Crippen molar-refractivity contribution < 1.29 is 4.92 Å². The van der Waals surface area contributed by atoms with E-state index in [0.29, 0.717) is 0 Å². The predicted octanol–water partition coefficient (Wildman–Crippen LogP) is 5.09. The lowest BCUT2D eigenvalue weighted by Gasteiger charge is -2.06. The maximum atomic E-state index is 11.2. The van der Waals surface area contributed by atoms with E-state index in [1.54, 1.807) is 12.3 Å². The maximum absolute atomic E-state index is 11.2. The Labute approximate surface area is 130 Å². The third kappa shape index (κ3) is 3.58. The Morgan fingerprint density at radius 1 is 1.09 bits per heavy atom. The molecule has 0 radical (unpaired) electrons. The summed E-state index contributed by atoms with van der Waals surface area (Å²) in [5.74, 6) is 0.117. The van der Waals surface area contributed by atoms with Gasteiger partial charge in [-0.25, -0.2) is 0 Å². The fraction of sp³-hybridized carbons (Fsp3) is 0.278. The summed E-state index contributed by atoms with van der Waals surface area (Å²) in [6, 6.07) is 11.2. The molecule has 0 aromatic heterocycles. The Kier molecular flexibility index (Phi) is 4.71. The minimum absolute atomic E-state index is 0.117. The number of aliphatic imine (C=N–C) groups is 1. The van der Waals surface area contributed by atoms with Gasteiger partial charge in [-0.3, -0.25) is 15.1 Å². The molecule has 0 aliphatic rings. The topological polar surface area (TPSA) is 55.5 Å². The first-order valence-corrected chi connectivity index (χ1v) is 7.28. The second-order valence-electron chi connectivity index (χ2n) is 5.76. The zero-order valence-electron chi connectivity index (χ0n) is 13.3. The molecule has 0 aliphatic carbocycles. The molecule has 0 saturated heterocycles. The van der Waals surface area contributed by atoms with Gasteiger partial charge >= 0.3 is 0 Å². The Balaban J connectivity index is 2.33. The first kappa shape index (κ1) is 15.9. The van der Waals surface area contributed by atoms with E-state index < -0.39 is 0 Å². The van der Waals surface area contributed by atoms with Crippen molar-refractivity contribution >= 4 is 17.6 Å². The van der Waals surface area contributed by atoms with Gasteiger partial charge in [-0.2, -0.15) is 0 Å². The molecule has 0 heterocycles. The van der Waals surface area contributed by atoms with E-state index in [1.165, 1.54) is 11.1 Å². The van der Waals surface area contributed by atoms with Crippen LogP contribution in [0.5, 0.6) is 0 Å². The van der Waals surface area contributed by atoms with Gasteiger partial charge < -0.3 is 0 Å². The van der Waals surface area contributed by atoms with Crippen LogP contribution < -0.4 is 0 Å². The first-order valence-electron chi connectivity index (χ1n) is 7.28. The van der Waals surface area contributed by atoms with Crippen LogP contribution in [0, 0.1) is 24.0 Å². The molecule has 114 valence electrons. The normalized spacial score (nSPS) is 11.3. The van der Waals surface area contributed by atoms with E-state index in [2.05, 4.69) is 11.9 Å². The fourth-order valence-corrected chi connectivity index (χ4v) is 2.24. The number of aryl methyl sites for hydroxylation is 2. The van der Waals surface area contributed by atoms with Crippen LogP contribution in [-0.4, -0.2) is 11.1 Å². The molecule has 0 spiro atoms. The molecular weight excluding hydrogens is 276 g/mol. The SMILES string of the molecule is Cc1ccc(N=Cc2ccc(C(C)C)c([N+](=O)[O-])c2)cc1C. The van der Waals surface area contributed by atoms with Gasteiger partial charge in [0.05, 0.1) is 10.6 Å². The van der Waals surface area contributed by atoms with Crippen LogP contribution in [-0.2, 0) is 0 Å². The number of nitro benzene ring substituents is 1. The highest BCUT2D eigenvalue weighted by Gasteiger charge is 2.16. The van der Waals surface area contributed by atoms with E-state index in [1.807, 2.05) is 51.1 Å². The van der Waals surface area contributed by atoms with E-state index in [0.717, 1.165) is 16.8 Å². The molecule has 2 aromatic carbocycles. The fourth-order valence-electron chi connectivity index (χ4n) is 2.24. The molecule has 0 atom stereocenters. The summed E-state index contributed by atoms with van der Waals surface area (Å²) in [6.45, 7) is 7.99. The highest BCUT2D eigenvalue weighted by Crippen LogP contribution is 2.27. The summed E-state index contributed by atoms with van der Waals surface area (Å²) < 4.78 is 0. The lowest BCUT2D eigenvalue weighted by Crippen LogP contribution is -1.98. The zero-order valence-corrected chi connectivity index (χ0v) is 13.3. The van der Waals surface area contributed by atoms with Crippen molar-refractivity contribution in [2.75, 3.05) is 0 Å². The zero-order chi connectivity index (χ0) is 16.3. The van der Waals surface area contributed by atoms with Crippen LogP contribution in [0.4, 0.5) is 11.4 Å². The first-order chi connectivity index (χ1) is 10.4. The number of benzene rings is 2. The van der Waals surface area contributed by atoms with Crippen molar-refractivity contribution in [1.82, 2.24) is 0 Å². The molecule has 2 rings (SSSR count). The molecule has 4 heteroatoms. The molecule has 0 saturated carbocycles. The average molecular weight is 296 g/mol. The number of nitro groups is 1. The summed E-state index contributed by atoms with van der Waals surface area (Å²) >= 11 is 0. The average Bonchev–Trinajstić information content (AvgIpc) is 2.48. The number of rotatable bonds is 4. The minimum Gasteiger partial charge on any atom is -0.258 e. The van der Waals surface area contributed by atoms with E-state index in [9.17, 15) is 10.1 Å². The predicted molar refractivity (Wildman–Crippen MR) is 90.4 cm³/mol. The summed E-state index contributed by atoms with van der Waals surface area (Å²) in [4.78, 5) is 15.3. The summed E-state index contributed by atoms with van der Waals surface area (Å²) in [5, 5.41) is 11.2. The van der Waals surface area contributed by atoms with Gasteiger partial charge in [-0.05, 0) is 48.6 Å². The van der Waals surface area contributed by atoms with Gasteiger partial charge in [0.1, 0.15) is 0 Å². The lowest BCUT2D eigenvalue weighted by atomic mass is 9.99. The van der Waals surface area contributed by atoms with E-state index in [-0.39, 0.29) is 16.5 Å². The number of nitrogens with zero attached hydrogens (tertiary/aromatic N) is 2. The minimum atomic E-state index is -0.331. The van der Waals surface area contributed by atoms with Gasteiger partial charge in [0.15, 0.2) is 0 Å². The Bertz CT molecular complexity index is 734.